The molecule has 0 atom stereocenters. The van der Waals surface area contributed by atoms with Crippen molar-refractivity contribution in [2.24, 2.45) is 0 Å². The molecule has 0 saturated heterocycles. The Bertz CT molecular complexity index is 1310. The number of rotatable bonds is 6. The molecule has 184 valence electrons. The topological polar surface area (TPSA) is 51.0 Å². The number of hydrogen-bond donors (Lipinski definition) is 0. The van der Waals surface area contributed by atoms with E-state index in [0.29, 0.717) is 23.4 Å². The first-order valence-electron chi connectivity index (χ1n) is 10.1. The summed E-state index contributed by atoms with van der Waals surface area (Å²) in [4.78, 5) is 22.3. The lowest BCUT2D eigenvalue weighted by molar-refractivity contribution is -0.143. The van der Waals surface area contributed by atoms with Crippen molar-refractivity contribution in [3.05, 3.63) is 77.6 Å². The van der Waals surface area contributed by atoms with Crippen molar-refractivity contribution in [2.75, 3.05) is 11.4 Å². The Morgan fingerprint density at radius 2 is 1.71 bits per heavy atom. The first-order valence-corrected chi connectivity index (χ1v) is 10.9. The van der Waals surface area contributed by atoms with Gasteiger partial charge in [0.2, 0.25) is 0 Å². The maximum absolute atomic E-state index is 14.2. The number of alkyl halides is 6. The summed E-state index contributed by atoms with van der Waals surface area (Å²) in [5.41, 5.74) is -4.08. The molecule has 1 amide bonds. The molecule has 5 nitrogen and oxygen atoms in total. The number of aromatic nitrogens is 3. The Labute approximate surface area is 197 Å². The Balaban J connectivity index is 1.75. The fourth-order valence-electron chi connectivity index (χ4n) is 3.37. The second-order valence-corrected chi connectivity index (χ2v) is 8.50. The molecule has 35 heavy (non-hydrogen) atoms. The van der Waals surface area contributed by atoms with Gasteiger partial charge in [0.15, 0.2) is 5.13 Å². The molecule has 0 radical (unpaired) electrons. The molecule has 2 heterocycles. The number of anilines is 1. The van der Waals surface area contributed by atoms with E-state index < -0.39 is 40.8 Å². The highest BCUT2D eigenvalue weighted by Crippen LogP contribution is 2.37. The number of halogens is 7. The molecule has 4 rings (SSSR count). The zero-order valence-corrected chi connectivity index (χ0v) is 18.4. The van der Waals surface area contributed by atoms with Crippen molar-refractivity contribution in [3.8, 4) is 0 Å². The number of hydrogen-bond acceptors (Lipinski definition) is 4. The summed E-state index contributed by atoms with van der Waals surface area (Å²) in [6.45, 7) is 0.259. The molecule has 2 aromatic heterocycles. The molecule has 13 heteroatoms. The number of nitrogens with zero attached hydrogens (tertiary/aromatic N) is 4. The Morgan fingerprint density at radius 3 is 2.29 bits per heavy atom. The van der Waals surface area contributed by atoms with Gasteiger partial charge >= 0.3 is 12.4 Å². The van der Waals surface area contributed by atoms with Gasteiger partial charge in [-0.2, -0.15) is 26.3 Å². The smallest absolute Gasteiger partial charge is 0.337 e. The summed E-state index contributed by atoms with van der Waals surface area (Å²) in [5.74, 6) is -1.79. The minimum Gasteiger partial charge on any atom is -0.337 e. The summed E-state index contributed by atoms with van der Waals surface area (Å²) < 4.78 is 96.1. The molecule has 0 aliphatic rings. The van der Waals surface area contributed by atoms with E-state index >= 15 is 0 Å². The zero-order valence-electron chi connectivity index (χ0n) is 17.6. The highest BCUT2D eigenvalue weighted by Gasteiger charge is 2.38. The Hall–Kier alpha value is -3.48. The zero-order chi connectivity index (χ0) is 25.4. The quantitative estimate of drug-likeness (QED) is 0.279. The van der Waals surface area contributed by atoms with Gasteiger partial charge in [-0.25, -0.2) is 14.4 Å². The van der Waals surface area contributed by atoms with Crippen LogP contribution in [0.25, 0.3) is 10.2 Å². The van der Waals surface area contributed by atoms with E-state index in [0.717, 1.165) is 22.3 Å². The average Bonchev–Trinajstić information content (AvgIpc) is 3.45. The van der Waals surface area contributed by atoms with E-state index in [1.54, 1.807) is 16.8 Å². The molecule has 0 saturated carbocycles. The number of fused-ring (bicyclic) bond motifs is 1. The summed E-state index contributed by atoms with van der Waals surface area (Å²) in [6.07, 6.45) is -5.25. The van der Waals surface area contributed by atoms with E-state index in [1.807, 2.05) is 0 Å². The number of thiazole rings is 1. The van der Waals surface area contributed by atoms with Gasteiger partial charge in [0.1, 0.15) is 11.3 Å². The molecule has 4 aromatic rings. The first-order chi connectivity index (χ1) is 16.4. The van der Waals surface area contributed by atoms with E-state index in [4.69, 9.17) is 0 Å². The van der Waals surface area contributed by atoms with E-state index in [1.165, 1.54) is 18.6 Å². The number of aryl methyl sites for hydroxylation is 1. The number of carbonyl (C=O) groups excluding carboxylic acids is 1. The van der Waals surface area contributed by atoms with Gasteiger partial charge in [0, 0.05) is 31.0 Å². The largest absolute Gasteiger partial charge is 0.416 e. The lowest BCUT2D eigenvalue weighted by Crippen LogP contribution is -2.33. The van der Waals surface area contributed by atoms with Crippen LogP contribution in [0, 0.1) is 5.82 Å². The summed E-state index contributed by atoms with van der Waals surface area (Å²) in [6, 6.07) is 4.81. The molecular weight excluding hydrogens is 501 g/mol. The van der Waals surface area contributed by atoms with Crippen LogP contribution in [0.15, 0.2) is 55.1 Å². The SMILES string of the molecule is O=C(c1cc(C(F)(F)F)cc(C(F)(F)F)c1)N(CCCn1ccnc1)c1nc2c(F)cccc2s1. The van der Waals surface area contributed by atoms with E-state index in [-0.39, 0.29) is 29.7 Å². The van der Waals surface area contributed by atoms with Gasteiger partial charge in [0.05, 0.1) is 22.2 Å². The van der Waals surface area contributed by atoms with Crippen LogP contribution in [0.1, 0.15) is 27.9 Å². The predicted molar refractivity (Wildman–Crippen MR) is 115 cm³/mol. The maximum Gasteiger partial charge on any atom is 0.416 e. The lowest BCUT2D eigenvalue weighted by atomic mass is 10.0. The molecule has 0 fully saturated rings. The molecule has 0 N–H and O–H groups in total. The van der Waals surface area contributed by atoms with Crippen molar-refractivity contribution < 1.29 is 35.5 Å². The normalized spacial score (nSPS) is 12.3. The molecule has 0 bridgehead atoms. The third kappa shape index (κ3) is 5.45. The van der Waals surface area contributed by atoms with Crippen LogP contribution in [0.5, 0.6) is 0 Å². The minimum atomic E-state index is -5.11. The van der Waals surface area contributed by atoms with E-state index in [2.05, 4.69) is 9.97 Å². The third-order valence-electron chi connectivity index (χ3n) is 5.03. The number of amides is 1. The van der Waals surface area contributed by atoms with Crippen LogP contribution >= 0.6 is 11.3 Å². The minimum absolute atomic E-state index is 0.0484. The van der Waals surface area contributed by atoms with Gasteiger partial charge in [-0.05, 0) is 36.8 Å². The predicted octanol–water partition coefficient (Wildman–Crippen LogP) is 6.41. The monoisotopic (exact) mass is 516 g/mol. The van der Waals surface area contributed by atoms with E-state index in [9.17, 15) is 35.5 Å². The highest BCUT2D eigenvalue weighted by molar-refractivity contribution is 7.22. The van der Waals surface area contributed by atoms with Gasteiger partial charge < -0.3 is 4.57 Å². The maximum atomic E-state index is 14.2. The van der Waals surface area contributed by atoms with Crippen LogP contribution in [-0.2, 0) is 18.9 Å². The molecule has 2 aromatic carbocycles. The lowest BCUT2D eigenvalue weighted by Gasteiger charge is -2.21. The van der Waals surface area contributed by atoms with Crippen LogP contribution < -0.4 is 4.90 Å². The fraction of sp³-hybridized carbons (Fsp3) is 0.227. The Morgan fingerprint density at radius 1 is 1.03 bits per heavy atom. The van der Waals surface area contributed by atoms with Crippen molar-refractivity contribution >= 4 is 32.6 Å². The number of imidazole rings is 1. The molecule has 0 aliphatic carbocycles. The molecule has 0 unspecified atom stereocenters. The van der Waals surface area contributed by atoms with Crippen LogP contribution in [0.4, 0.5) is 35.9 Å². The second-order valence-electron chi connectivity index (χ2n) is 7.49. The summed E-state index contributed by atoms with van der Waals surface area (Å²) in [7, 11) is 0. The highest BCUT2D eigenvalue weighted by atomic mass is 32.1. The average molecular weight is 516 g/mol. The Kier molecular flexibility index (Phi) is 6.54. The number of para-hydroxylation sites is 1. The summed E-state index contributed by atoms with van der Waals surface area (Å²) in [5, 5.41) is -0.0494. The van der Waals surface area contributed by atoms with Crippen molar-refractivity contribution in [2.45, 2.75) is 25.3 Å². The summed E-state index contributed by atoms with van der Waals surface area (Å²) >= 11 is 0.900. The van der Waals surface area contributed by atoms with Gasteiger partial charge in [-0.3, -0.25) is 9.69 Å². The van der Waals surface area contributed by atoms with Crippen molar-refractivity contribution in [1.82, 2.24) is 14.5 Å². The first kappa shape index (κ1) is 24.6. The van der Waals surface area contributed by atoms with Crippen LogP contribution in [-0.4, -0.2) is 27.0 Å². The van der Waals surface area contributed by atoms with Gasteiger partial charge in [-0.1, -0.05) is 17.4 Å². The molecular formula is C22H15F7N4OS. The van der Waals surface area contributed by atoms with Gasteiger partial charge in [-0.15, -0.1) is 0 Å². The molecule has 0 aliphatic heterocycles. The number of benzene rings is 2. The van der Waals surface area contributed by atoms with Crippen LogP contribution in [0.3, 0.4) is 0 Å². The second kappa shape index (κ2) is 9.29. The fourth-order valence-corrected chi connectivity index (χ4v) is 4.37. The molecule has 0 spiro atoms. The standard InChI is InChI=1S/C22H15F7N4OS/c23-16-3-1-4-17-18(16)31-20(35-17)33(7-2-6-32-8-5-30-12-32)19(34)13-9-14(21(24,25)26)11-15(10-13)22(27,28)29/h1,3-5,8-12H,2,6-7H2. The van der Waals surface area contributed by atoms with Crippen molar-refractivity contribution in [3.63, 3.8) is 0 Å². The third-order valence-corrected chi connectivity index (χ3v) is 6.07. The van der Waals surface area contributed by atoms with Crippen LogP contribution in [0.2, 0.25) is 0 Å². The number of carbonyl (C=O) groups is 1. The van der Waals surface area contributed by atoms with Crippen molar-refractivity contribution in [1.29, 1.82) is 0 Å². The van der Waals surface area contributed by atoms with Gasteiger partial charge in [0.25, 0.3) is 5.91 Å².